The Morgan fingerprint density at radius 1 is 1.14 bits per heavy atom. The summed E-state index contributed by atoms with van der Waals surface area (Å²) in [6.45, 7) is 3.49. The van der Waals surface area contributed by atoms with Crippen LogP contribution < -0.4 is 5.73 Å². The molecule has 0 aromatic carbocycles. The standard InChI is InChI=1S/C8H21N3O2S/c1-4-7-10(2)14(12,13)11(3)8-5-6-9/h4-9H2,1-3H3. The Bertz CT molecular complexity index is 241. The van der Waals surface area contributed by atoms with Crippen molar-refractivity contribution in [2.45, 2.75) is 19.8 Å². The van der Waals surface area contributed by atoms with E-state index in [1.54, 1.807) is 14.1 Å². The van der Waals surface area contributed by atoms with Gasteiger partial charge in [0.05, 0.1) is 0 Å². The van der Waals surface area contributed by atoms with Crippen LogP contribution in [0.1, 0.15) is 19.8 Å². The van der Waals surface area contributed by atoms with E-state index in [0.717, 1.165) is 6.42 Å². The van der Waals surface area contributed by atoms with E-state index < -0.39 is 10.2 Å². The van der Waals surface area contributed by atoms with E-state index in [4.69, 9.17) is 5.73 Å². The first-order valence-electron chi connectivity index (χ1n) is 4.84. The molecule has 0 aromatic heterocycles. The molecule has 5 nitrogen and oxygen atoms in total. The van der Waals surface area contributed by atoms with Crippen LogP contribution in [0.2, 0.25) is 0 Å². The zero-order valence-electron chi connectivity index (χ0n) is 9.23. The highest BCUT2D eigenvalue weighted by molar-refractivity contribution is 7.86. The van der Waals surface area contributed by atoms with Gasteiger partial charge in [-0.15, -0.1) is 0 Å². The summed E-state index contributed by atoms with van der Waals surface area (Å²) < 4.78 is 26.2. The van der Waals surface area contributed by atoms with E-state index in [1.807, 2.05) is 6.92 Å². The summed E-state index contributed by atoms with van der Waals surface area (Å²) in [5.74, 6) is 0. The maximum atomic E-state index is 11.7. The first-order valence-corrected chi connectivity index (χ1v) is 6.24. The lowest BCUT2D eigenvalue weighted by Gasteiger charge is -2.23. The second kappa shape index (κ2) is 6.34. The molecular formula is C8H21N3O2S. The van der Waals surface area contributed by atoms with Crippen LogP contribution in [-0.2, 0) is 10.2 Å². The number of rotatable bonds is 7. The molecule has 0 atom stereocenters. The van der Waals surface area contributed by atoms with Crippen molar-refractivity contribution < 1.29 is 8.42 Å². The van der Waals surface area contributed by atoms with Crippen LogP contribution >= 0.6 is 0 Å². The molecule has 0 saturated heterocycles. The second-order valence-electron chi connectivity index (χ2n) is 3.29. The van der Waals surface area contributed by atoms with E-state index in [9.17, 15) is 8.42 Å². The zero-order chi connectivity index (χ0) is 11.2. The molecular weight excluding hydrogens is 202 g/mol. The Labute approximate surface area is 87.0 Å². The lowest BCUT2D eigenvalue weighted by atomic mass is 10.4. The van der Waals surface area contributed by atoms with Crippen molar-refractivity contribution in [3.63, 3.8) is 0 Å². The Morgan fingerprint density at radius 3 is 2.07 bits per heavy atom. The van der Waals surface area contributed by atoms with Crippen LogP contribution in [0.15, 0.2) is 0 Å². The van der Waals surface area contributed by atoms with Crippen molar-refractivity contribution >= 4 is 10.2 Å². The third kappa shape index (κ3) is 3.91. The van der Waals surface area contributed by atoms with Crippen molar-refractivity contribution in [1.82, 2.24) is 8.61 Å². The number of nitrogens with zero attached hydrogens (tertiary/aromatic N) is 2. The Kier molecular flexibility index (Phi) is 6.26. The molecule has 0 aliphatic rings. The summed E-state index contributed by atoms with van der Waals surface area (Å²) in [7, 11) is -0.0867. The molecule has 0 spiro atoms. The summed E-state index contributed by atoms with van der Waals surface area (Å²) in [6, 6.07) is 0. The largest absolute Gasteiger partial charge is 0.330 e. The molecule has 6 heteroatoms. The predicted octanol–water partition coefficient (Wildman–Crippen LogP) is -0.146. The van der Waals surface area contributed by atoms with Crippen molar-refractivity contribution in [3.8, 4) is 0 Å². The van der Waals surface area contributed by atoms with Gasteiger partial charge in [0.15, 0.2) is 0 Å². The summed E-state index contributed by atoms with van der Waals surface area (Å²) in [5.41, 5.74) is 5.32. The quantitative estimate of drug-likeness (QED) is 0.653. The lowest BCUT2D eigenvalue weighted by Crippen LogP contribution is -2.40. The van der Waals surface area contributed by atoms with Crippen molar-refractivity contribution in [2.24, 2.45) is 5.73 Å². The van der Waals surface area contributed by atoms with Crippen molar-refractivity contribution in [3.05, 3.63) is 0 Å². The average molecular weight is 223 g/mol. The van der Waals surface area contributed by atoms with Crippen molar-refractivity contribution in [1.29, 1.82) is 0 Å². The van der Waals surface area contributed by atoms with Gasteiger partial charge in [-0.1, -0.05) is 6.92 Å². The monoisotopic (exact) mass is 223 g/mol. The molecule has 0 bridgehead atoms. The molecule has 0 fully saturated rings. The first-order chi connectivity index (χ1) is 6.46. The smallest absolute Gasteiger partial charge is 0.281 e. The third-order valence-corrected chi connectivity index (χ3v) is 3.94. The molecule has 0 rings (SSSR count). The molecule has 0 aliphatic carbocycles. The summed E-state index contributed by atoms with van der Waals surface area (Å²) >= 11 is 0. The van der Waals surface area contributed by atoms with Gasteiger partial charge in [0.2, 0.25) is 0 Å². The Balaban J connectivity index is 4.29. The molecule has 0 aliphatic heterocycles. The van der Waals surface area contributed by atoms with E-state index in [-0.39, 0.29) is 0 Å². The lowest BCUT2D eigenvalue weighted by molar-refractivity contribution is 0.389. The van der Waals surface area contributed by atoms with Crippen LogP contribution in [0.5, 0.6) is 0 Å². The normalized spacial score (nSPS) is 12.7. The molecule has 2 N–H and O–H groups in total. The molecule has 0 heterocycles. The highest BCUT2D eigenvalue weighted by Gasteiger charge is 2.21. The topological polar surface area (TPSA) is 66.6 Å². The maximum absolute atomic E-state index is 11.7. The van der Waals surface area contributed by atoms with Crippen LogP contribution in [-0.4, -0.2) is 50.8 Å². The fourth-order valence-corrected chi connectivity index (χ4v) is 2.35. The minimum absolute atomic E-state index is 0.479. The molecule has 0 radical (unpaired) electrons. The molecule has 14 heavy (non-hydrogen) atoms. The van der Waals surface area contributed by atoms with Gasteiger partial charge in [-0.3, -0.25) is 0 Å². The fraction of sp³-hybridized carbons (Fsp3) is 1.00. The summed E-state index contributed by atoms with van der Waals surface area (Å²) in [6.07, 6.45) is 1.51. The average Bonchev–Trinajstić information content (AvgIpc) is 2.14. The zero-order valence-corrected chi connectivity index (χ0v) is 10.0. The second-order valence-corrected chi connectivity index (χ2v) is 5.44. The minimum Gasteiger partial charge on any atom is -0.330 e. The van der Waals surface area contributed by atoms with Gasteiger partial charge in [-0.25, -0.2) is 0 Å². The van der Waals surface area contributed by atoms with Gasteiger partial charge in [0.1, 0.15) is 0 Å². The highest BCUT2D eigenvalue weighted by Crippen LogP contribution is 2.04. The van der Waals surface area contributed by atoms with Gasteiger partial charge >= 0.3 is 0 Å². The summed E-state index contributed by atoms with van der Waals surface area (Å²) in [5, 5.41) is 0. The molecule has 0 amide bonds. The Morgan fingerprint density at radius 2 is 1.64 bits per heavy atom. The van der Waals surface area contributed by atoms with Crippen LogP contribution in [0, 0.1) is 0 Å². The van der Waals surface area contributed by atoms with Gasteiger partial charge in [0, 0.05) is 27.2 Å². The molecule has 0 unspecified atom stereocenters. The fourth-order valence-electron chi connectivity index (χ4n) is 1.10. The first kappa shape index (κ1) is 13.8. The van der Waals surface area contributed by atoms with E-state index >= 15 is 0 Å². The van der Waals surface area contributed by atoms with Gasteiger partial charge in [-0.2, -0.15) is 17.0 Å². The van der Waals surface area contributed by atoms with E-state index in [2.05, 4.69) is 0 Å². The maximum Gasteiger partial charge on any atom is 0.281 e. The highest BCUT2D eigenvalue weighted by atomic mass is 32.2. The summed E-state index contributed by atoms with van der Waals surface area (Å²) in [4.78, 5) is 0. The third-order valence-electron chi connectivity index (χ3n) is 2.00. The SMILES string of the molecule is CCCN(C)S(=O)(=O)N(C)CCCN. The van der Waals surface area contributed by atoms with Gasteiger partial charge in [-0.05, 0) is 19.4 Å². The van der Waals surface area contributed by atoms with E-state index in [1.165, 1.54) is 8.61 Å². The number of hydrogen-bond donors (Lipinski definition) is 1. The molecule has 0 aromatic rings. The van der Waals surface area contributed by atoms with Crippen LogP contribution in [0.4, 0.5) is 0 Å². The van der Waals surface area contributed by atoms with Crippen LogP contribution in [0.3, 0.4) is 0 Å². The van der Waals surface area contributed by atoms with Gasteiger partial charge in [0.25, 0.3) is 10.2 Å². The van der Waals surface area contributed by atoms with E-state index in [0.29, 0.717) is 26.1 Å². The number of hydrogen-bond acceptors (Lipinski definition) is 3. The molecule has 86 valence electrons. The number of nitrogens with two attached hydrogens (primary N) is 1. The van der Waals surface area contributed by atoms with Crippen LogP contribution in [0.25, 0.3) is 0 Å². The molecule has 0 saturated carbocycles. The Hall–Kier alpha value is -0.170. The van der Waals surface area contributed by atoms with Crippen molar-refractivity contribution in [2.75, 3.05) is 33.7 Å². The van der Waals surface area contributed by atoms with Gasteiger partial charge < -0.3 is 5.73 Å². The predicted molar refractivity (Wildman–Crippen MR) is 58.1 cm³/mol. The minimum atomic E-state index is -3.26.